The Morgan fingerprint density at radius 3 is 2.85 bits per heavy atom. The third kappa shape index (κ3) is 3.45. The van der Waals surface area contributed by atoms with Crippen molar-refractivity contribution in [1.82, 2.24) is 29.7 Å². The molecule has 1 aliphatic heterocycles. The monoisotopic (exact) mass is 461 g/mol. The number of hydrogen-bond donors (Lipinski definition) is 1. The lowest BCUT2D eigenvalue weighted by atomic mass is 10.0. The quantitative estimate of drug-likeness (QED) is 0.444. The van der Waals surface area contributed by atoms with E-state index in [1.165, 1.54) is 7.11 Å². The minimum absolute atomic E-state index is 0.151. The van der Waals surface area contributed by atoms with Crippen LogP contribution < -0.4 is 5.73 Å². The molecule has 0 spiro atoms. The summed E-state index contributed by atoms with van der Waals surface area (Å²) in [5.41, 5.74) is 9.83. The van der Waals surface area contributed by atoms with E-state index in [4.69, 9.17) is 15.1 Å². The zero-order valence-electron chi connectivity index (χ0n) is 18.8. The van der Waals surface area contributed by atoms with Gasteiger partial charge in [-0.1, -0.05) is 12.1 Å². The zero-order chi connectivity index (χ0) is 23.8. The van der Waals surface area contributed by atoms with Gasteiger partial charge in [0.25, 0.3) is 5.91 Å². The summed E-state index contributed by atoms with van der Waals surface area (Å²) in [5, 5.41) is 7.56. The molecule has 174 valence electrons. The van der Waals surface area contributed by atoms with Gasteiger partial charge in [-0.2, -0.15) is 0 Å². The standard InChI is InChI=1S/C23H23N7O4/c1-3-29-19-15(11-25-12-16(19)26-21(29)18-20(24)28-34-27-18)13-6-4-7-14(10-13)22(31)30-9-5-8-17(30)23(32)33-2/h4,6-7,10-12,17H,3,5,8-9H2,1-2H3,(H2,24,28)/t17-/m0/s1. The molecule has 11 heteroatoms. The van der Waals surface area contributed by atoms with Crippen molar-refractivity contribution in [2.45, 2.75) is 32.4 Å². The number of pyridine rings is 1. The summed E-state index contributed by atoms with van der Waals surface area (Å²) < 4.78 is 11.6. The molecule has 1 aromatic carbocycles. The molecule has 3 aromatic heterocycles. The Hall–Kier alpha value is -4.28. The molecular formula is C23H23N7O4. The highest BCUT2D eigenvalue weighted by atomic mass is 16.6. The second-order valence-electron chi connectivity index (χ2n) is 7.99. The van der Waals surface area contributed by atoms with E-state index in [1.54, 1.807) is 23.4 Å². The lowest BCUT2D eigenvalue weighted by Crippen LogP contribution is -2.41. The van der Waals surface area contributed by atoms with Gasteiger partial charge < -0.3 is 19.9 Å². The molecule has 11 nitrogen and oxygen atoms in total. The molecule has 0 saturated carbocycles. The van der Waals surface area contributed by atoms with Gasteiger partial charge in [0.1, 0.15) is 11.6 Å². The number of amides is 1. The summed E-state index contributed by atoms with van der Waals surface area (Å²) in [6, 6.07) is 6.73. The Kier molecular flexibility index (Phi) is 5.44. The van der Waals surface area contributed by atoms with Crippen LogP contribution in [0.15, 0.2) is 41.3 Å². The number of nitrogens with zero attached hydrogens (tertiary/aromatic N) is 6. The number of methoxy groups -OCH3 is 1. The number of rotatable bonds is 5. The van der Waals surface area contributed by atoms with Gasteiger partial charge in [-0.15, -0.1) is 0 Å². The van der Waals surface area contributed by atoms with Crippen molar-refractivity contribution < 1.29 is 19.0 Å². The van der Waals surface area contributed by atoms with Gasteiger partial charge in [0.15, 0.2) is 17.3 Å². The molecule has 0 radical (unpaired) electrons. The molecule has 1 atom stereocenters. The zero-order valence-corrected chi connectivity index (χ0v) is 18.8. The molecule has 5 rings (SSSR count). The van der Waals surface area contributed by atoms with Gasteiger partial charge in [-0.3, -0.25) is 9.78 Å². The second-order valence-corrected chi connectivity index (χ2v) is 7.99. The van der Waals surface area contributed by atoms with Crippen LogP contribution >= 0.6 is 0 Å². The number of hydrogen-bond acceptors (Lipinski definition) is 9. The maximum atomic E-state index is 13.3. The van der Waals surface area contributed by atoms with Crippen LogP contribution in [-0.2, 0) is 16.1 Å². The number of fused-ring (bicyclic) bond motifs is 1. The maximum Gasteiger partial charge on any atom is 0.328 e. The Morgan fingerprint density at radius 2 is 2.12 bits per heavy atom. The van der Waals surface area contributed by atoms with E-state index in [-0.39, 0.29) is 11.7 Å². The van der Waals surface area contributed by atoms with Gasteiger partial charge in [-0.05, 0) is 47.8 Å². The molecule has 4 heterocycles. The Morgan fingerprint density at radius 1 is 1.26 bits per heavy atom. The molecule has 1 aliphatic rings. The lowest BCUT2D eigenvalue weighted by molar-refractivity contribution is -0.145. The predicted molar refractivity (Wildman–Crippen MR) is 122 cm³/mol. The van der Waals surface area contributed by atoms with Crippen LogP contribution in [0.2, 0.25) is 0 Å². The highest BCUT2D eigenvalue weighted by Crippen LogP contribution is 2.33. The van der Waals surface area contributed by atoms with Crippen molar-refractivity contribution in [3.63, 3.8) is 0 Å². The predicted octanol–water partition coefficient (Wildman–Crippen LogP) is 2.53. The SMILES string of the molecule is CCn1c(-c2nonc2N)nc2cncc(-c3cccc(C(=O)N4CCC[C@H]4C(=O)OC)c3)c21. The van der Waals surface area contributed by atoms with E-state index in [1.807, 2.05) is 29.7 Å². The van der Waals surface area contributed by atoms with Crippen LogP contribution in [0.3, 0.4) is 0 Å². The van der Waals surface area contributed by atoms with Crippen molar-refractivity contribution >= 4 is 28.7 Å². The normalized spacial score (nSPS) is 15.7. The first-order valence-electron chi connectivity index (χ1n) is 10.9. The summed E-state index contributed by atoms with van der Waals surface area (Å²) in [6.07, 6.45) is 4.76. The number of benzene rings is 1. The van der Waals surface area contributed by atoms with Crippen LogP contribution in [-0.4, -0.2) is 61.3 Å². The molecule has 34 heavy (non-hydrogen) atoms. The van der Waals surface area contributed by atoms with E-state index < -0.39 is 12.0 Å². The molecule has 0 aliphatic carbocycles. The highest BCUT2D eigenvalue weighted by molar-refractivity contribution is 6.00. The maximum absolute atomic E-state index is 13.3. The number of anilines is 1. The van der Waals surface area contributed by atoms with Crippen molar-refractivity contribution in [1.29, 1.82) is 0 Å². The van der Waals surface area contributed by atoms with Crippen LogP contribution in [0.5, 0.6) is 0 Å². The first kappa shape index (κ1) is 21.6. The van der Waals surface area contributed by atoms with Crippen molar-refractivity contribution in [2.75, 3.05) is 19.4 Å². The number of aromatic nitrogens is 5. The second kappa shape index (κ2) is 8.58. The number of nitrogen functional groups attached to an aromatic ring is 1. The van der Waals surface area contributed by atoms with E-state index >= 15 is 0 Å². The van der Waals surface area contributed by atoms with Crippen LogP contribution in [0.25, 0.3) is 33.7 Å². The number of carbonyl (C=O) groups excluding carboxylic acids is 2. The van der Waals surface area contributed by atoms with Crippen molar-refractivity contribution in [3.8, 4) is 22.6 Å². The van der Waals surface area contributed by atoms with Crippen LogP contribution in [0.4, 0.5) is 5.82 Å². The average Bonchev–Trinajstić information content (AvgIpc) is 3.60. The van der Waals surface area contributed by atoms with Crippen LogP contribution in [0, 0.1) is 0 Å². The topological polar surface area (TPSA) is 142 Å². The highest BCUT2D eigenvalue weighted by Gasteiger charge is 2.35. The number of imidazole rings is 1. The molecule has 4 aromatic rings. The number of esters is 1. The smallest absolute Gasteiger partial charge is 0.328 e. The number of aryl methyl sites for hydroxylation is 1. The summed E-state index contributed by atoms with van der Waals surface area (Å²) in [4.78, 5) is 36.0. The molecule has 1 amide bonds. The molecule has 0 bridgehead atoms. The molecular weight excluding hydrogens is 438 g/mol. The minimum atomic E-state index is -0.558. The van der Waals surface area contributed by atoms with Gasteiger partial charge in [0.2, 0.25) is 0 Å². The van der Waals surface area contributed by atoms with E-state index in [9.17, 15) is 9.59 Å². The van der Waals surface area contributed by atoms with Crippen molar-refractivity contribution in [2.24, 2.45) is 0 Å². The summed E-state index contributed by atoms with van der Waals surface area (Å²) in [5.74, 6) is 0.0755. The van der Waals surface area contributed by atoms with E-state index in [2.05, 4.69) is 20.3 Å². The molecule has 1 fully saturated rings. The fraction of sp³-hybridized carbons (Fsp3) is 0.304. The first-order chi connectivity index (χ1) is 16.5. The fourth-order valence-corrected chi connectivity index (χ4v) is 4.52. The van der Waals surface area contributed by atoms with Gasteiger partial charge in [0, 0.05) is 30.4 Å². The van der Waals surface area contributed by atoms with Crippen LogP contribution in [0.1, 0.15) is 30.1 Å². The minimum Gasteiger partial charge on any atom is -0.467 e. The average molecular weight is 461 g/mol. The van der Waals surface area contributed by atoms with Gasteiger partial charge in [0.05, 0.1) is 18.8 Å². The number of nitrogens with two attached hydrogens (primary N) is 1. The number of carbonyl (C=O) groups is 2. The molecule has 2 N–H and O–H groups in total. The van der Waals surface area contributed by atoms with E-state index in [0.717, 1.165) is 23.1 Å². The van der Waals surface area contributed by atoms with Crippen molar-refractivity contribution in [3.05, 3.63) is 42.2 Å². The largest absolute Gasteiger partial charge is 0.467 e. The van der Waals surface area contributed by atoms with Gasteiger partial charge >= 0.3 is 5.97 Å². The van der Waals surface area contributed by atoms with E-state index in [0.29, 0.717) is 42.1 Å². The summed E-state index contributed by atoms with van der Waals surface area (Å²) in [6.45, 7) is 3.08. The Bertz CT molecular complexity index is 1390. The molecule has 0 unspecified atom stereocenters. The lowest BCUT2D eigenvalue weighted by Gasteiger charge is -2.23. The first-order valence-corrected chi connectivity index (χ1v) is 10.9. The number of ether oxygens (including phenoxy) is 1. The fourth-order valence-electron chi connectivity index (χ4n) is 4.52. The Labute approximate surface area is 194 Å². The number of likely N-dealkylation sites (tertiary alicyclic amines) is 1. The third-order valence-electron chi connectivity index (χ3n) is 6.10. The Balaban J connectivity index is 1.58. The summed E-state index contributed by atoms with van der Waals surface area (Å²) >= 11 is 0. The summed E-state index contributed by atoms with van der Waals surface area (Å²) in [7, 11) is 1.34. The van der Waals surface area contributed by atoms with Gasteiger partial charge in [-0.25, -0.2) is 14.4 Å². The third-order valence-corrected chi connectivity index (χ3v) is 6.10. The molecule has 1 saturated heterocycles.